The van der Waals surface area contributed by atoms with E-state index < -0.39 is 0 Å². The molecule has 4 aromatic rings. The molecule has 0 spiro atoms. The third-order valence-electron chi connectivity index (χ3n) is 5.76. The minimum atomic E-state index is -0.165. The van der Waals surface area contributed by atoms with Crippen LogP contribution in [0.4, 0.5) is 0 Å². The fourth-order valence-corrected chi connectivity index (χ4v) is 5.95. The second-order valence-electron chi connectivity index (χ2n) is 7.88. The minimum Gasteiger partial charge on any atom is -0.349 e. The maximum absolute atomic E-state index is 13.5. The number of carbonyl (C=O) groups excluding carboxylic acids is 2. The molecule has 0 saturated carbocycles. The lowest BCUT2D eigenvalue weighted by Gasteiger charge is -2.24. The number of aromatic nitrogens is 3. The van der Waals surface area contributed by atoms with Crippen LogP contribution in [-0.2, 0) is 0 Å². The van der Waals surface area contributed by atoms with Crippen molar-refractivity contribution < 1.29 is 9.59 Å². The number of rotatable bonds is 5. The van der Waals surface area contributed by atoms with E-state index in [0.29, 0.717) is 30.2 Å². The van der Waals surface area contributed by atoms with Gasteiger partial charge in [0.05, 0.1) is 15.6 Å². The number of carbonyl (C=O) groups is 2. The van der Waals surface area contributed by atoms with Gasteiger partial charge in [0.25, 0.3) is 11.8 Å². The Morgan fingerprint density at radius 1 is 1.19 bits per heavy atom. The summed E-state index contributed by atoms with van der Waals surface area (Å²) in [5, 5.41) is 5.81. The van der Waals surface area contributed by atoms with Crippen LogP contribution in [0.5, 0.6) is 0 Å². The average Bonchev–Trinajstić information content (AvgIpc) is 3.56. The first kappa shape index (κ1) is 20.8. The van der Waals surface area contributed by atoms with Crippen molar-refractivity contribution in [2.24, 2.45) is 0 Å². The predicted octanol–water partition coefficient (Wildman–Crippen LogP) is 4.17. The zero-order chi connectivity index (χ0) is 22.2. The van der Waals surface area contributed by atoms with Crippen molar-refractivity contribution in [3.63, 3.8) is 0 Å². The Kier molecular flexibility index (Phi) is 5.52. The summed E-state index contributed by atoms with van der Waals surface area (Å²) in [5.74, 6) is -0.229. The minimum absolute atomic E-state index is 0.0525. The van der Waals surface area contributed by atoms with Gasteiger partial charge in [-0.15, -0.1) is 22.7 Å². The Hall–Kier alpha value is -3.04. The maximum atomic E-state index is 13.5. The molecular formula is C23H23N5O2S2. The van der Waals surface area contributed by atoms with Gasteiger partial charge in [0.2, 0.25) is 0 Å². The van der Waals surface area contributed by atoms with E-state index in [1.54, 1.807) is 0 Å². The van der Waals surface area contributed by atoms with Gasteiger partial charge in [-0.1, -0.05) is 30.3 Å². The van der Waals surface area contributed by atoms with Crippen molar-refractivity contribution in [2.75, 3.05) is 13.1 Å². The molecule has 2 amide bonds. The smallest absolute Gasteiger partial charge is 0.274 e. The van der Waals surface area contributed by atoms with Gasteiger partial charge in [0, 0.05) is 30.7 Å². The number of aryl methyl sites for hydroxylation is 2. The number of likely N-dealkylation sites (tertiary alicyclic amines) is 1. The lowest BCUT2D eigenvalue weighted by molar-refractivity contribution is 0.0720. The summed E-state index contributed by atoms with van der Waals surface area (Å²) >= 11 is 3.04. The van der Waals surface area contributed by atoms with Crippen molar-refractivity contribution in [1.29, 1.82) is 0 Å². The van der Waals surface area contributed by atoms with E-state index in [4.69, 9.17) is 0 Å². The van der Waals surface area contributed by atoms with E-state index in [2.05, 4.69) is 15.3 Å². The van der Waals surface area contributed by atoms with Gasteiger partial charge in [-0.2, -0.15) is 0 Å². The van der Waals surface area contributed by atoms with Crippen molar-refractivity contribution in [2.45, 2.75) is 32.7 Å². The second kappa shape index (κ2) is 8.48. The number of nitrogens with one attached hydrogen (secondary N) is 1. The molecule has 1 saturated heterocycles. The Morgan fingerprint density at radius 2 is 2.00 bits per heavy atom. The molecule has 0 radical (unpaired) electrons. The van der Waals surface area contributed by atoms with Crippen molar-refractivity contribution >= 4 is 39.4 Å². The first-order valence-corrected chi connectivity index (χ1v) is 12.3. The molecular weight excluding hydrogens is 442 g/mol. The molecule has 32 heavy (non-hydrogen) atoms. The molecule has 0 aliphatic carbocycles. The lowest BCUT2D eigenvalue weighted by Crippen LogP contribution is -2.43. The zero-order valence-corrected chi connectivity index (χ0v) is 19.5. The van der Waals surface area contributed by atoms with Crippen molar-refractivity contribution in [3.05, 3.63) is 64.0 Å². The molecule has 5 rings (SSSR count). The summed E-state index contributed by atoms with van der Waals surface area (Å²) in [6.45, 7) is 4.85. The van der Waals surface area contributed by atoms with Crippen LogP contribution in [0.2, 0.25) is 0 Å². The molecule has 4 heterocycles. The largest absolute Gasteiger partial charge is 0.349 e. The number of amides is 2. The van der Waals surface area contributed by atoms with Gasteiger partial charge >= 0.3 is 0 Å². The fraction of sp³-hybridized carbons (Fsp3) is 0.304. The van der Waals surface area contributed by atoms with Gasteiger partial charge in [0.15, 0.2) is 4.96 Å². The molecule has 9 heteroatoms. The highest BCUT2D eigenvalue weighted by molar-refractivity contribution is 7.15. The number of nitrogens with zero attached hydrogens (tertiary/aromatic N) is 4. The van der Waals surface area contributed by atoms with E-state index in [0.717, 1.165) is 33.3 Å². The predicted molar refractivity (Wildman–Crippen MR) is 126 cm³/mol. The van der Waals surface area contributed by atoms with Gasteiger partial charge in [0.1, 0.15) is 11.4 Å². The summed E-state index contributed by atoms with van der Waals surface area (Å²) in [7, 11) is 0. The van der Waals surface area contributed by atoms with Gasteiger partial charge < -0.3 is 10.2 Å². The van der Waals surface area contributed by atoms with Gasteiger partial charge in [-0.3, -0.25) is 14.0 Å². The van der Waals surface area contributed by atoms with Crippen LogP contribution in [-0.4, -0.2) is 50.2 Å². The highest BCUT2D eigenvalue weighted by Crippen LogP contribution is 2.32. The number of hydrogen-bond donors (Lipinski definition) is 1. The van der Waals surface area contributed by atoms with E-state index in [-0.39, 0.29) is 17.9 Å². The third kappa shape index (κ3) is 3.71. The number of imidazole rings is 1. The van der Waals surface area contributed by atoms with E-state index >= 15 is 0 Å². The summed E-state index contributed by atoms with van der Waals surface area (Å²) in [6.07, 6.45) is 3.63. The van der Waals surface area contributed by atoms with Crippen LogP contribution in [0.1, 0.15) is 44.5 Å². The molecule has 1 aliphatic heterocycles. The normalized spacial score (nSPS) is 16.1. The van der Waals surface area contributed by atoms with E-state index in [1.807, 2.05) is 65.1 Å². The standard InChI is InChI=1S/C23H23N5O2S2/c1-14-19(28-11-12-31-23(28)25-14)21(29)24-13-17-9-6-10-27(17)22(30)18-20(32-15(2)26-18)16-7-4-3-5-8-16/h3-5,7-8,11-12,17H,6,9-10,13H2,1-2H3,(H,24,29)/t17-/m0/s1. The quantitative estimate of drug-likeness (QED) is 0.480. The first-order valence-electron chi connectivity index (χ1n) is 10.6. The average molecular weight is 466 g/mol. The fourth-order valence-electron chi connectivity index (χ4n) is 4.27. The molecule has 1 N–H and O–H groups in total. The Morgan fingerprint density at radius 3 is 2.81 bits per heavy atom. The Labute approximate surface area is 193 Å². The molecule has 7 nitrogen and oxygen atoms in total. The summed E-state index contributed by atoms with van der Waals surface area (Å²) in [6, 6.07) is 9.85. The Bertz CT molecular complexity index is 1290. The number of thiazole rings is 2. The zero-order valence-electron chi connectivity index (χ0n) is 17.9. The summed E-state index contributed by atoms with van der Waals surface area (Å²) < 4.78 is 1.82. The highest BCUT2D eigenvalue weighted by atomic mass is 32.1. The van der Waals surface area contributed by atoms with Crippen molar-refractivity contribution in [1.82, 2.24) is 24.6 Å². The Balaban J connectivity index is 1.33. The van der Waals surface area contributed by atoms with Crippen LogP contribution in [0, 0.1) is 13.8 Å². The lowest BCUT2D eigenvalue weighted by atomic mass is 10.1. The topological polar surface area (TPSA) is 79.6 Å². The molecule has 1 fully saturated rings. The molecule has 0 unspecified atom stereocenters. The molecule has 1 atom stereocenters. The number of hydrogen-bond acceptors (Lipinski definition) is 6. The second-order valence-corrected chi connectivity index (χ2v) is 9.96. The summed E-state index contributed by atoms with van der Waals surface area (Å²) in [4.78, 5) is 39.0. The molecule has 3 aromatic heterocycles. The molecule has 0 bridgehead atoms. The van der Waals surface area contributed by atoms with E-state index in [1.165, 1.54) is 22.7 Å². The number of benzene rings is 1. The summed E-state index contributed by atoms with van der Waals surface area (Å²) in [5.41, 5.74) is 2.77. The highest BCUT2D eigenvalue weighted by Gasteiger charge is 2.33. The number of fused-ring (bicyclic) bond motifs is 1. The van der Waals surface area contributed by atoms with Crippen molar-refractivity contribution in [3.8, 4) is 10.4 Å². The maximum Gasteiger partial charge on any atom is 0.274 e. The third-order valence-corrected chi connectivity index (χ3v) is 7.54. The van der Waals surface area contributed by atoms with Crippen LogP contribution in [0.15, 0.2) is 41.9 Å². The monoisotopic (exact) mass is 465 g/mol. The first-order chi connectivity index (χ1) is 15.5. The van der Waals surface area contributed by atoms with Gasteiger partial charge in [-0.25, -0.2) is 9.97 Å². The molecule has 164 valence electrons. The van der Waals surface area contributed by atoms with Crippen LogP contribution < -0.4 is 5.32 Å². The van der Waals surface area contributed by atoms with Crippen LogP contribution in [0.25, 0.3) is 15.4 Å². The molecule has 1 aliphatic rings. The molecule has 1 aromatic carbocycles. The van der Waals surface area contributed by atoms with Crippen LogP contribution >= 0.6 is 22.7 Å². The van der Waals surface area contributed by atoms with E-state index in [9.17, 15) is 9.59 Å². The van der Waals surface area contributed by atoms with Crippen LogP contribution in [0.3, 0.4) is 0 Å². The van der Waals surface area contributed by atoms with Gasteiger partial charge in [-0.05, 0) is 32.3 Å². The SMILES string of the molecule is Cc1nc(C(=O)N2CCC[C@H]2CNC(=O)c2c(C)nc3sccn23)c(-c2ccccc2)s1.